The highest BCUT2D eigenvalue weighted by atomic mass is 35.5. The Morgan fingerprint density at radius 1 is 1.45 bits per heavy atom. The van der Waals surface area contributed by atoms with Crippen molar-refractivity contribution in [3.8, 4) is 0 Å². The molecule has 0 saturated heterocycles. The van der Waals surface area contributed by atoms with E-state index < -0.39 is 0 Å². The molecule has 0 spiro atoms. The number of halogens is 1. The molecule has 0 saturated carbocycles. The highest BCUT2D eigenvalue weighted by Crippen LogP contribution is 2.32. The van der Waals surface area contributed by atoms with Crippen LogP contribution in [0.5, 0.6) is 0 Å². The van der Waals surface area contributed by atoms with Crippen molar-refractivity contribution in [3.05, 3.63) is 23.3 Å². The molecule has 2 aliphatic carbocycles. The predicted octanol–water partition coefficient (Wildman–Crippen LogP) is 2.21. The molecular formula is C9H9ClO. The predicted molar refractivity (Wildman–Crippen MR) is 44.7 cm³/mol. The van der Waals surface area contributed by atoms with E-state index in [0.29, 0.717) is 12.2 Å². The summed E-state index contributed by atoms with van der Waals surface area (Å²) in [6, 6.07) is 0. The summed E-state index contributed by atoms with van der Waals surface area (Å²) in [5.74, 6) is 0.291. The first-order valence-electron chi connectivity index (χ1n) is 3.85. The van der Waals surface area contributed by atoms with Gasteiger partial charge >= 0.3 is 0 Å². The van der Waals surface area contributed by atoms with Crippen LogP contribution in [-0.2, 0) is 4.79 Å². The Hall–Kier alpha value is -0.560. The van der Waals surface area contributed by atoms with Crippen LogP contribution in [-0.4, -0.2) is 11.2 Å². The van der Waals surface area contributed by atoms with E-state index in [0.717, 1.165) is 18.4 Å². The number of hydrogen-bond acceptors (Lipinski definition) is 1. The van der Waals surface area contributed by atoms with Gasteiger partial charge in [0.1, 0.15) is 0 Å². The fourth-order valence-corrected chi connectivity index (χ4v) is 1.92. The molecule has 2 aliphatic rings. The highest BCUT2D eigenvalue weighted by molar-refractivity contribution is 6.22. The first-order chi connectivity index (χ1) is 5.27. The van der Waals surface area contributed by atoms with Gasteiger partial charge in [-0.2, -0.15) is 0 Å². The van der Waals surface area contributed by atoms with Crippen LogP contribution in [0.4, 0.5) is 0 Å². The quantitative estimate of drug-likeness (QED) is 0.507. The zero-order valence-electron chi connectivity index (χ0n) is 6.14. The van der Waals surface area contributed by atoms with E-state index in [1.165, 1.54) is 5.57 Å². The Labute approximate surface area is 70.7 Å². The Balaban J connectivity index is 2.32. The molecule has 0 fully saturated rings. The van der Waals surface area contributed by atoms with Gasteiger partial charge in [-0.05, 0) is 12.8 Å². The van der Waals surface area contributed by atoms with Crippen molar-refractivity contribution in [1.29, 1.82) is 0 Å². The summed E-state index contributed by atoms with van der Waals surface area (Å²) in [6.07, 6.45) is 6.29. The van der Waals surface area contributed by atoms with Gasteiger partial charge in [-0.1, -0.05) is 17.7 Å². The highest BCUT2D eigenvalue weighted by Gasteiger charge is 2.24. The van der Waals surface area contributed by atoms with Crippen LogP contribution in [0.25, 0.3) is 0 Å². The van der Waals surface area contributed by atoms with Crippen molar-refractivity contribution >= 4 is 17.4 Å². The van der Waals surface area contributed by atoms with E-state index in [1.54, 1.807) is 0 Å². The van der Waals surface area contributed by atoms with E-state index in [1.807, 2.05) is 12.2 Å². The lowest BCUT2D eigenvalue weighted by Crippen LogP contribution is -2.03. The van der Waals surface area contributed by atoms with Crippen LogP contribution in [0.2, 0.25) is 0 Å². The van der Waals surface area contributed by atoms with E-state index in [9.17, 15) is 4.79 Å². The summed E-state index contributed by atoms with van der Waals surface area (Å²) < 4.78 is 0. The number of allylic oxidation sites excluding steroid dienone is 4. The summed E-state index contributed by atoms with van der Waals surface area (Å²) in [6.45, 7) is 0. The Bertz CT molecular complexity index is 263. The third-order valence-electron chi connectivity index (χ3n) is 2.25. The molecule has 1 atom stereocenters. The first kappa shape index (κ1) is 7.11. The molecule has 1 nitrogen and oxygen atoms in total. The van der Waals surface area contributed by atoms with E-state index in [2.05, 4.69) is 0 Å². The lowest BCUT2D eigenvalue weighted by Gasteiger charge is -2.10. The van der Waals surface area contributed by atoms with E-state index in [-0.39, 0.29) is 5.38 Å². The van der Waals surface area contributed by atoms with Crippen LogP contribution >= 0.6 is 11.6 Å². The number of Topliss-reactive ketones (excluding diaryl/α,β-unsaturated/α-hetero) is 1. The van der Waals surface area contributed by atoms with E-state index in [4.69, 9.17) is 11.6 Å². The molecule has 0 aromatic heterocycles. The maximum absolute atomic E-state index is 11.2. The molecular weight excluding hydrogens is 160 g/mol. The van der Waals surface area contributed by atoms with Gasteiger partial charge in [-0.15, -0.1) is 11.6 Å². The van der Waals surface area contributed by atoms with Crippen molar-refractivity contribution < 1.29 is 4.79 Å². The summed E-state index contributed by atoms with van der Waals surface area (Å²) >= 11 is 5.90. The van der Waals surface area contributed by atoms with Crippen molar-refractivity contribution in [2.75, 3.05) is 0 Å². The Kier molecular flexibility index (Phi) is 1.61. The van der Waals surface area contributed by atoms with Crippen molar-refractivity contribution in [3.63, 3.8) is 0 Å². The third kappa shape index (κ3) is 1.14. The lowest BCUT2D eigenvalue weighted by atomic mass is 10.00. The molecule has 0 heterocycles. The second-order valence-corrected chi connectivity index (χ2v) is 3.58. The SMILES string of the molecule is O=C1CCC2=C1C=CC(Cl)C2. The molecule has 0 aromatic rings. The Morgan fingerprint density at radius 2 is 2.27 bits per heavy atom. The molecule has 2 heteroatoms. The molecule has 58 valence electrons. The number of rotatable bonds is 0. The first-order valence-corrected chi connectivity index (χ1v) is 4.28. The maximum Gasteiger partial charge on any atom is 0.163 e. The van der Waals surface area contributed by atoms with Crippen LogP contribution in [0, 0.1) is 0 Å². The van der Waals surface area contributed by atoms with Gasteiger partial charge in [0.05, 0.1) is 5.38 Å². The van der Waals surface area contributed by atoms with Crippen molar-refractivity contribution in [1.82, 2.24) is 0 Å². The number of alkyl halides is 1. The van der Waals surface area contributed by atoms with E-state index >= 15 is 0 Å². The number of hydrogen-bond donors (Lipinski definition) is 0. The normalized spacial score (nSPS) is 29.5. The van der Waals surface area contributed by atoms with Crippen LogP contribution in [0.15, 0.2) is 23.3 Å². The smallest absolute Gasteiger partial charge is 0.163 e. The number of carbonyl (C=O) groups excluding carboxylic acids is 1. The minimum atomic E-state index is 0.111. The van der Waals surface area contributed by atoms with Gasteiger partial charge in [0, 0.05) is 12.0 Å². The molecule has 0 radical (unpaired) electrons. The average molecular weight is 169 g/mol. The molecule has 0 aliphatic heterocycles. The van der Waals surface area contributed by atoms with Crippen LogP contribution in [0.3, 0.4) is 0 Å². The number of ketones is 1. The van der Waals surface area contributed by atoms with Gasteiger partial charge in [0.25, 0.3) is 0 Å². The molecule has 0 amide bonds. The maximum atomic E-state index is 11.2. The average Bonchev–Trinajstić information content (AvgIpc) is 2.32. The molecule has 1 unspecified atom stereocenters. The molecule has 11 heavy (non-hydrogen) atoms. The second kappa shape index (κ2) is 2.49. The van der Waals surface area contributed by atoms with Gasteiger partial charge in [0.2, 0.25) is 0 Å². The monoisotopic (exact) mass is 168 g/mol. The lowest BCUT2D eigenvalue weighted by molar-refractivity contribution is -0.114. The largest absolute Gasteiger partial charge is 0.294 e. The second-order valence-electron chi connectivity index (χ2n) is 3.02. The minimum absolute atomic E-state index is 0.111. The third-order valence-corrected chi connectivity index (χ3v) is 2.55. The van der Waals surface area contributed by atoms with Crippen LogP contribution < -0.4 is 0 Å². The molecule has 0 bridgehead atoms. The molecule has 0 aromatic carbocycles. The van der Waals surface area contributed by atoms with Crippen molar-refractivity contribution in [2.24, 2.45) is 0 Å². The van der Waals surface area contributed by atoms with Gasteiger partial charge in [0.15, 0.2) is 5.78 Å². The molecule has 0 N–H and O–H groups in total. The standard InChI is InChI=1S/C9H9ClO/c10-7-2-3-8-6(5-7)1-4-9(8)11/h2-3,7H,1,4-5H2. The minimum Gasteiger partial charge on any atom is -0.294 e. The van der Waals surface area contributed by atoms with Crippen molar-refractivity contribution in [2.45, 2.75) is 24.6 Å². The summed E-state index contributed by atoms with van der Waals surface area (Å²) in [5.41, 5.74) is 2.19. The topological polar surface area (TPSA) is 17.1 Å². The Morgan fingerprint density at radius 3 is 3.09 bits per heavy atom. The zero-order chi connectivity index (χ0) is 7.84. The summed E-state index contributed by atoms with van der Waals surface area (Å²) in [7, 11) is 0. The van der Waals surface area contributed by atoms with Crippen LogP contribution in [0.1, 0.15) is 19.3 Å². The summed E-state index contributed by atoms with van der Waals surface area (Å²) in [4.78, 5) is 11.2. The fraction of sp³-hybridized carbons (Fsp3) is 0.444. The molecule has 2 rings (SSSR count). The van der Waals surface area contributed by atoms with Gasteiger partial charge < -0.3 is 0 Å². The zero-order valence-corrected chi connectivity index (χ0v) is 6.90. The van der Waals surface area contributed by atoms with Gasteiger partial charge in [-0.25, -0.2) is 0 Å². The number of carbonyl (C=O) groups is 1. The summed E-state index contributed by atoms with van der Waals surface area (Å²) in [5, 5.41) is 0.111. The van der Waals surface area contributed by atoms with Gasteiger partial charge in [-0.3, -0.25) is 4.79 Å². The fourth-order valence-electron chi connectivity index (χ4n) is 1.66.